The van der Waals surface area contributed by atoms with Gasteiger partial charge in [-0.25, -0.2) is 4.98 Å². The minimum absolute atomic E-state index is 0.0304. The van der Waals surface area contributed by atoms with Gasteiger partial charge in [0.05, 0.1) is 17.7 Å². The van der Waals surface area contributed by atoms with Crippen molar-refractivity contribution < 1.29 is 4.74 Å². The molecule has 8 aromatic rings. The fourth-order valence-corrected chi connectivity index (χ4v) is 9.80. The Balaban J connectivity index is 1.20. The molecule has 0 radical (unpaired) electrons. The molecule has 342 valence electrons. The molecule has 0 fully saturated rings. The number of para-hydroxylation sites is 1. The number of fused-ring (bicyclic) bond motifs is 3. The van der Waals surface area contributed by atoms with E-state index in [0.29, 0.717) is 6.67 Å². The first-order valence-corrected chi connectivity index (χ1v) is 24.0. The quantitative estimate of drug-likeness (QED) is 0.145. The van der Waals surface area contributed by atoms with Crippen molar-refractivity contribution in [3.05, 3.63) is 203 Å². The highest BCUT2D eigenvalue weighted by molar-refractivity contribution is 6.11. The van der Waals surface area contributed by atoms with Crippen LogP contribution in [0.3, 0.4) is 0 Å². The third kappa shape index (κ3) is 8.66. The van der Waals surface area contributed by atoms with Gasteiger partial charge < -0.3 is 14.5 Å². The molecule has 0 unspecified atom stereocenters. The average molecular weight is 885 g/mol. The zero-order valence-corrected chi connectivity index (χ0v) is 42.0. The lowest BCUT2D eigenvalue weighted by Gasteiger charge is -2.35. The number of hydrogen-bond acceptors (Lipinski definition) is 4. The van der Waals surface area contributed by atoms with Crippen LogP contribution in [-0.2, 0) is 27.1 Å². The Morgan fingerprint density at radius 3 is 1.72 bits per heavy atom. The molecule has 0 atom stereocenters. The van der Waals surface area contributed by atoms with Crippen LogP contribution in [0, 0.1) is 0 Å². The molecule has 5 heteroatoms. The molecule has 0 amide bonds. The summed E-state index contributed by atoms with van der Waals surface area (Å²) in [7, 11) is 0. The number of ether oxygens (including phenoxy) is 1. The zero-order chi connectivity index (χ0) is 47.7. The van der Waals surface area contributed by atoms with Gasteiger partial charge in [0, 0.05) is 63.2 Å². The molecule has 9 rings (SSSR count). The summed E-state index contributed by atoms with van der Waals surface area (Å²) in [6.45, 7) is 30.6. The van der Waals surface area contributed by atoms with Gasteiger partial charge in [0.1, 0.15) is 17.3 Å². The van der Waals surface area contributed by atoms with Crippen LogP contribution >= 0.6 is 0 Å². The van der Waals surface area contributed by atoms with Crippen molar-refractivity contribution in [1.82, 2.24) is 9.55 Å². The third-order valence-electron chi connectivity index (χ3n) is 14.1. The Hall–Kier alpha value is -6.59. The summed E-state index contributed by atoms with van der Waals surface area (Å²) in [5, 5.41) is 2.42. The summed E-state index contributed by atoms with van der Waals surface area (Å²) < 4.78 is 9.60. The van der Waals surface area contributed by atoms with E-state index in [-0.39, 0.29) is 27.1 Å². The molecule has 67 heavy (non-hydrogen) atoms. The van der Waals surface area contributed by atoms with E-state index in [1.807, 2.05) is 6.20 Å². The smallest absolute Gasteiger partial charge is 0.137 e. The van der Waals surface area contributed by atoms with Crippen molar-refractivity contribution in [2.75, 3.05) is 16.5 Å². The number of rotatable bonds is 9. The van der Waals surface area contributed by atoms with Gasteiger partial charge in [-0.05, 0) is 98.2 Å². The second-order valence-corrected chi connectivity index (χ2v) is 22.8. The largest absolute Gasteiger partial charge is 0.457 e. The number of benzene rings is 6. The number of anilines is 2. The van der Waals surface area contributed by atoms with Crippen LogP contribution in [0.15, 0.2) is 170 Å². The molecule has 0 spiro atoms. The van der Waals surface area contributed by atoms with Gasteiger partial charge >= 0.3 is 0 Å². The van der Waals surface area contributed by atoms with E-state index < -0.39 is 0 Å². The van der Waals surface area contributed by atoms with Crippen LogP contribution in [0.4, 0.5) is 11.4 Å². The van der Waals surface area contributed by atoms with E-state index in [1.165, 1.54) is 55.5 Å². The van der Waals surface area contributed by atoms with Crippen LogP contribution < -0.4 is 14.5 Å². The van der Waals surface area contributed by atoms with Crippen molar-refractivity contribution in [1.29, 1.82) is 0 Å². The summed E-state index contributed by atoms with van der Waals surface area (Å²) in [6.07, 6.45) is 4.33. The predicted molar refractivity (Wildman–Crippen MR) is 284 cm³/mol. The minimum atomic E-state index is -0.307. The highest BCUT2D eigenvalue weighted by Gasteiger charge is 2.37. The molecular formula is C62H68N4O. The second-order valence-electron chi connectivity index (χ2n) is 22.8. The van der Waals surface area contributed by atoms with Crippen molar-refractivity contribution in [3.63, 3.8) is 0 Å². The van der Waals surface area contributed by atoms with Crippen molar-refractivity contribution in [3.8, 4) is 17.3 Å². The van der Waals surface area contributed by atoms with E-state index in [2.05, 4.69) is 262 Å². The van der Waals surface area contributed by atoms with Crippen LogP contribution in [0.25, 0.3) is 27.6 Å². The fraction of sp³-hybridized carbons (Fsp3) is 0.306. The summed E-state index contributed by atoms with van der Waals surface area (Å²) in [4.78, 5) is 9.99. The molecule has 0 N–H and O–H groups in total. The van der Waals surface area contributed by atoms with Crippen LogP contribution in [0.2, 0.25) is 0 Å². The monoisotopic (exact) mass is 885 g/mol. The number of aromatic nitrogens is 2. The Morgan fingerprint density at radius 2 is 1.06 bits per heavy atom. The Bertz CT molecular complexity index is 3130. The van der Waals surface area contributed by atoms with E-state index in [4.69, 9.17) is 9.72 Å². The summed E-state index contributed by atoms with van der Waals surface area (Å²) >= 11 is 0. The highest BCUT2D eigenvalue weighted by Crippen LogP contribution is 2.46. The van der Waals surface area contributed by atoms with Gasteiger partial charge in [-0.3, -0.25) is 4.57 Å². The maximum Gasteiger partial charge on any atom is 0.137 e. The van der Waals surface area contributed by atoms with Crippen molar-refractivity contribution in [2.24, 2.45) is 0 Å². The highest BCUT2D eigenvalue weighted by atomic mass is 16.5. The molecule has 6 aromatic carbocycles. The first-order valence-electron chi connectivity index (χ1n) is 24.0. The lowest BCUT2D eigenvalue weighted by molar-refractivity contribution is 0.475. The van der Waals surface area contributed by atoms with Gasteiger partial charge in [-0.1, -0.05) is 181 Å². The predicted octanol–water partition coefficient (Wildman–Crippen LogP) is 16.3. The molecule has 1 aliphatic rings. The maximum atomic E-state index is 7.26. The number of pyridine rings is 1. The summed E-state index contributed by atoms with van der Waals surface area (Å²) in [6, 6.07) is 55.2. The van der Waals surface area contributed by atoms with Gasteiger partial charge in [0.2, 0.25) is 0 Å². The molecule has 1 aliphatic heterocycles. The summed E-state index contributed by atoms with van der Waals surface area (Å²) in [5.74, 6) is 2.48. The zero-order valence-electron chi connectivity index (χ0n) is 42.0. The van der Waals surface area contributed by atoms with Crippen LogP contribution in [-0.4, -0.2) is 16.2 Å². The maximum absolute atomic E-state index is 7.26. The summed E-state index contributed by atoms with van der Waals surface area (Å²) in [5.41, 5.74) is 12.3. The molecule has 3 heterocycles. The van der Waals surface area contributed by atoms with Crippen LogP contribution in [0.1, 0.15) is 123 Å². The Labute approximate surface area is 399 Å². The number of nitrogens with zero attached hydrogens (tertiary/aromatic N) is 4. The molecule has 0 bridgehead atoms. The topological polar surface area (TPSA) is 33.5 Å². The van der Waals surface area contributed by atoms with Crippen molar-refractivity contribution in [2.45, 2.75) is 117 Å². The molecule has 0 aliphatic carbocycles. The SMILES string of the molecule is CC(C)(C)c1cccc(N2C=C(C(C)(C)c3ccccc3)N(c3cc(Oc4cc(C(C)(C)C)c5c6ccccc6n(-c6cc(C(C)(C)c7ccccc7)ccn6)c5c4)cc(C(C)(C)C)c3)C2)c1. The van der Waals surface area contributed by atoms with Gasteiger partial charge in [0.25, 0.3) is 0 Å². The lowest BCUT2D eigenvalue weighted by atomic mass is 9.78. The average Bonchev–Trinajstić information content (AvgIpc) is 3.90. The molecule has 5 nitrogen and oxygen atoms in total. The molecule has 0 saturated carbocycles. The Kier molecular flexibility index (Phi) is 11.3. The number of allylic oxidation sites excluding steroid dienone is 1. The van der Waals surface area contributed by atoms with E-state index in [0.717, 1.165) is 34.0 Å². The van der Waals surface area contributed by atoms with Crippen molar-refractivity contribution >= 4 is 33.2 Å². The standard InChI is InChI=1S/C62H68N4O/c1-58(2,3)44-27-22-28-47(33-44)64-40-55(62(12,13)43-25-18-15-19-26-43)65(41-64)48-34-46(59(4,5)6)35-49(37-48)67-50-38-52(60(7,8)9)57-51-29-20-21-30-53(51)66(54(57)39-50)56-36-45(31-32-63-56)61(10,11)42-23-16-14-17-24-42/h14-40H,41H2,1-13H3. The first-order chi connectivity index (χ1) is 31.6. The van der Waals surface area contributed by atoms with E-state index in [1.54, 1.807) is 0 Å². The molecule has 2 aromatic heterocycles. The van der Waals surface area contributed by atoms with Gasteiger partial charge in [-0.2, -0.15) is 0 Å². The van der Waals surface area contributed by atoms with Gasteiger partial charge in [-0.15, -0.1) is 0 Å². The normalized spacial score (nSPS) is 14.0. The lowest BCUT2D eigenvalue weighted by Crippen LogP contribution is -2.34. The van der Waals surface area contributed by atoms with E-state index >= 15 is 0 Å². The number of hydrogen-bond donors (Lipinski definition) is 0. The second kappa shape index (κ2) is 16.6. The molecular weight excluding hydrogens is 817 g/mol. The van der Waals surface area contributed by atoms with Crippen LogP contribution in [0.5, 0.6) is 11.5 Å². The van der Waals surface area contributed by atoms with E-state index in [9.17, 15) is 0 Å². The molecule has 0 saturated heterocycles. The Morgan fingerprint density at radius 1 is 0.463 bits per heavy atom. The first kappa shape index (κ1) is 45.6. The van der Waals surface area contributed by atoms with Gasteiger partial charge in [0.15, 0.2) is 0 Å². The minimum Gasteiger partial charge on any atom is -0.457 e. The third-order valence-corrected chi connectivity index (χ3v) is 14.1. The fourth-order valence-electron chi connectivity index (χ4n) is 9.80.